The Labute approximate surface area is 116 Å². The fraction of sp³-hybridized carbons (Fsp3) is 0.400. The summed E-state index contributed by atoms with van der Waals surface area (Å²) in [7, 11) is -8.75. The van der Waals surface area contributed by atoms with Gasteiger partial charge in [0.15, 0.2) is 0 Å². The monoisotopic (exact) mass is 326 g/mol. The zero-order valence-corrected chi connectivity index (χ0v) is 12.3. The van der Waals surface area contributed by atoms with Crippen LogP contribution >= 0.6 is 7.82 Å². The quantitative estimate of drug-likeness (QED) is 0.477. The smallest absolute Gasteiger partial charge is 0.388 e. The fourth-order valence-electron chi connectivity index (χ4n) is 1.17. The van der Waals surface area contributed by atoms with Crippen LogP contribution in [0.1, 0.15) is 5.56 Å². The summed E-state index contributed by atoms with van der Waals surface area (Å²) in [5, 5.41) is 9.31. The number of rotatable bonds is 7. The van der Waals surface area contributed by atoms with Crippen LogP contribution in [0.3, 0.4) is 0 Å². The number of hydrogen-bond acceptors (Lipinski definition) is 6. The molecule has 114 valence electrons. The van der Waals surface area contributed by atoms with E-state index in [9.17, 15) is 18.1 Å². The van der Waals surface area contributed by atoms with Gasteiger partial charge in [-0.05, 0) is 19.1 Å². The maximum absolute atomic E-state index is 11.7. The zero-order chi connectivity index (χ0) is 15.4. The van der Waals surface area contributed by atoms with Crippen LogP contribution in [-0.4, -0.2) is 42.6 Å². The van der Waals surface area contributed by atoms with Crippen LogP contribution < -0.4 is 0 Å². The van der Waals surface area contributed by atoms with E-state index in [4.69, 9.17) is 9.79 Å². The van der Waals surface area contributed by atoms with Crippen LogP contribution in [0, 0.1) is 6.92 Å². The minimum atomic E-state index is -4.71. The summed E-state index contributed by atoms with van der Waals surface area (Å²) in [6, 6.07) is 5.87. The summed E-state index contributed by atoms with van der Waals surface area (Å²) in [5.74, 6) is 0. The van der Waals surface area contributed by atoms with Gasteiger partial charge >= 0.3 is 7.82 Å². The number of phosphoric ester groups is 1. The first-order valence-corrected chi connectivity index (χ1v) is 8.38. The van der Waals surface area contributed by atoms with Gasteiger partial charge in [-0.25, -0.2) is 4.57 Å². The average Bonchev–Trinajstić information content (AvgIpc) is 2.34. The summed E-state index contributed by atoms with van der Waals surface area (Å²) in [4.78, 5) is 16.8. The molecule has 10 heteroatoms. The van der Waals surface area contributed by atoms with Crippen molar-refractivity contribution in [2.45, 2.75) is 17.9 Å². The Morgan fingerprint density at radius 3 is 2.25 bits per heavy atom. The van der Waals surface area contributed by atoms with Gasteiger partial charge < -0.3 is 14.9 Å². The van der Waals surface area contributed by atoms with E-state index in [2.05, 4.69) is 8.71 Å². The van der Waals surface area contributed by atoms with Crippen molar-refractivity contribution in [3.05, 3.63) is 29.8 Å². The standard InChI is InChI=1S/C10H15O8PS/c1-8-2-4-10(5-3-8)20(15,16)18-7-9(11)6-17-19(12,13)14/h2-5,9,11H,6-7H2,1H3,(H2,12,13,14). The molecular formula is C10H15O8PS. The molecule has 0 amide bonds. The molecule has 0 saturated heterocycles. The lowest BCUT2D eigenvalue weighted by Gasteiger charge is -2.12. The van der Waals surface area contributed by atoms with Gasteiger partial charge in [0.25, 0.3) is 10.1 Å². The van der Waals surface area contributed by atoms with Crippen molar-refractivity contribution >= 4 is 17.9 Å². The minimum Gasteiger partial charge on any atom is -0.388 e. The van der Waals surface area contributed by atoms with E-state index in [1.54, 1.807) is 19.1 Å². The normalized spacial score (nSPS) is 14.2. The highest BCUT2D eigenvalue weighted by molar-refractivity contribution is 7.86. The highest BCUT2D eigenvalue weighted by atomic mass is 32.2. The van der Waals surface area contributed by atoms with Crippen LogP contribution in [0.2, 0.25) is 0 Å². The molecule has 0 aromatic heterocycles. The van der Waals surface area contributed by atoms with Crippen LogP contribution in [0.5, 0.6) is 0 Å². The summed E-state index contributed by atoms with van der Waals surface area (Å²) < 4.78 is 42.4. The van der Waals surface area contributed by atoms with Crippen LogP contribution in [0.15, 0.2) is 29.2 Å². The van der Waals surface area contributed by atoms with Crippen molar-refractivity contribution in [1.29, 1.82) is 0 Å². The molecule has 1 aromatic carbocycles. The number of phosphoric acid groups is 1. The molecule has 0 spiro atoms. The number of aryl methyl sites for hydroxylation is 1. The van der Waals surface area contributed by atoms with E-state index in [1.807, 2.05) is 0 Å². The van der Waals surface area contributed by atoms with Crippen molar-refractivity contribution in [2.24, 2.45) is 0 Å². The van der Waals surface area contributed by atoms with E-state index in [0.29, 0.717) is 0 Å². The highest BCUT2D eigenvalue weighted by Crippen LogP contribution is 2.35. The fourth-order valence-corrected chi connectivity index (χ4v) is 2.48. The number of hydrogen-bond donors (Lipinski definition) is 3. The second kappa shape index (κ2) is 6.77. The van der Waals surface area contributed by atoms with Gasteiger partial charge in [-0.2, -0.15) is 8.42 Å². The maximum atomic E-state index is 11.7. The first kappa shape index (κ1) is 17.3. The van der Waals surface area contributed by atoms with Gasteiger partial charge in [0.1, 0.15) is 6.10 Å². The Morgan fingerprint density at radius 1 is 1.20 bits per heavy atom. The highest BCUT2D eigenvalue weighted by Gasteiger charge is 2.20. The molecule has 0 aliphatic rings. The molecule has 1 unspecified atom stereocenters. The topological polar surface area (TPSA) is 130 Å². The van der Waals surface area contributed by atoms with Gasteiger partial charge in [0.2, 0.25) is 0 Å². The molecule has 1 atom stereocenters. The SMILES string of the molecule is Cc1ccc(S(=O)(=O)OCC(O)COP(=O)(O)O)cc1. The Hall–Kier alpha value is -0.800. The Balaban J connectivity index is 2.55. The molecule has 0 heterocycles. The largest absolute Gasteiger partial charge is 0.469 e. The third-order valence-corrected chi connectivity index (χ3v) is 3.94. The third kappa shape index (κ3) is 6.10. The summed E-state index contributed by atoms with van der Waals surface area (Å²) in [5.41, 5.74) is 0.874. The molecule has 3 N–H and O–H groups in total. The predicted molar refractivity (Wildman–Crippen MR) is 68.3 cm³/mol. The first-order valence-electron chi connectivity index (χ1n) is 5.44. The Bertz CT molecular complexity index is 576. The summed E-state index contributed by atoms with van der Waals surface area (Å²) in [6.45, 7) is 0.379. The van der Waals surface area contributed by atoms with Crippen LogP contribution in [-0.2, 0) is 23.4 Å². The van der Waals surface area contributed by atoms with E-state index >= 15 is 0 Å². The second-order valence-corrected chi connectivity index (χ2v) is 6.85. The number of aliphatic hydroxyl groups excluding tert-OH is 1. The lowest BCUT2D eigenvalue weighted by molar-refractivity contribution is 0.0516. The van der Waals surface area contributed by atoms with Crippen molar-refractivity contribution in [3.63, 3.8) is 0 Å². The lowest BCUT2D eigenvalue weighted by atomic mass is 10.2. The van der Waals surface area contributed by atoms with Crippen molar-refractivity contribution in [3.8, 4) is 0 Å². The van der Waals surface area contributed by atoms with Gasteiger partial charge in [-0.15, -0.1) is 0 Å². The molecule has 8 nitrogen and oxygen atoms in total. The second-order valence-electron chi connectivity index (χ2n) is 3.99. The Kier molecular flexibility index (Phi) is 5.84. The minimum absolute atomic E-state index is 0.0776. The molecular weight excluding hydrogens is 311 g/mol. The van der Waals surface area contributed by atoms with E-state index < -0.39 is 37.3 Å². The first-order chi connectivity index (χ1) is 9.10. The number of benzene rings is 1. The molecule has 0 aliphatic carbocycles. The van der Waals surface area contributed by atoms with Gasteiger partial charge in [0.05, 0.1) is 18.1 Å². The van der Waals surface area contributed by atoms with Crippen LogP contribution in [0.4, 0.5) is 0 Å². The summed E-state index contributed by atoms with van der Waals surface area (Å²) >= 11 is 0. The van der Waals surface area contributed by atoms with Crippen LogP contribution in [0.25, 0.3) is 0 Å². The van der Waals surface area contributed by atoms with E-state index in [1.165, 1.54) is 12.1 Å². The van der Waals surface area contributed by atoms with Crippen molar-refractivity contribution in [2.75, 3.05) is 13.2 Å². The molecule has 0 fully saturated rings. The molecule has 20 heavy (non-hydrogen) atoms. The van der Waals surface area contributed by atoms with E-state index in [-0.39, 0.29) is 4.90 Å². The number of aliphatic hydroxyl groups is 1. The molecule has 1 aromatic rings. The van der Waals surface area contributed by atoms with Crippen molar-refractivity contribution < 1.29 is 36.6 Å². The van der Waals surface area contributed by atoms with Gasteiger partial charge in [-0.1, -0.05) is 17.7 Å². The van der Waals surface area contributed by atoms with Crippen molar-refractivity contribution in [1.82, 2.24) is 0 Å². The third-order valence-electron chi connectivity index (χ3n) is 2.16. The van der Waals surface area contributed by atoms with E-state index in [0.717, 1.165) is 5.56 Å². The summed E-state index contributed by atoms with van der Waals surface area (Å²) in [6.07, 6.45) is -1.48. The Morgan fingerprint density at radius 2 is 1.75 bits per heavy atom. The van der Waals surface area contributed by atoms with Gasteiger partial charge in [0, 0.05) is 0 Å². The predicted octanol–water partition coefficient (Wildman–Crippen LogP) is 0.171. The zero-order valence-electron chi connectivity index (χ0n) is 10.5. The maximum Gasteiger partial charge on any atom is 0.469 e. The molecule has 0 radical (unpaired) electrons. The molecule has 0 bridgehead atoms. The molecule has 0 saturated carbocycles. The van der Waals surface area contributed by atoms with Gasteiger partial charge in [-0.3, -0.25) is 8.71 Å². The average molecular weight is 326 g/mol. The molecule has 0 aliphatic heterocycles. The lowest BCUT2D eigenvalue weighted by Crippen LogP contribution is -2.23. The molecule has 1 rings (SSSR count).